The van der Waals surface area contributed by atoms with E-state index in [9.17, 15) is 4.79 Å². The molecule has 1 aliphatic rings. The second kappa shape index (κ2) is 5.34. The van der Waals surface area contributed by atoms with Gasteiger partial charge in [-0.15, -0.1) is 6.58 Å². The van der Waals surface area contributed by atoms with E-state index in [1.165, 1.54) is 0 Å². The molecule has 1 fully saturated rings. The highest BCUT2D eigenvalue weighted by atomic mass is 16.6. The standard InChI is InChI=1S/C12H21NO3/c1-5-10-7-6-9(8-15-10)13-11(14)16-12(2,3)4/h5,9-10H,1,6-8H2,2-4H3,(H,13,14). The van der Waals surface area contributed by atoms with Crippen LogP contribution in [0, 0.1) is 0 Å². The lowest BCUT2D eigenvalue weighted by Crippen LogP contribution is -2.44. The lowest BCUT2D eigenvalue weighted by molar-refractivity contribution is 0.0135. The highest BCUT2D eigenvalue weighted by Crippen LogP contribution is 2.15. The first-order chi connectivity index (χ1) is 7.40. The summed E-state index contributed by atoms with van der Waals surface area (Å²) >= 11 is 0. The fraction of sp³-hybridized carbons (Fsp3) is 0.750. The number of rotatable bonds is 2. The van der Waals surface area contributed by atoms with Gasteiger partial charge in [-0.1, -0.05) is 6.08 Å². The number of hydrogen-bond donors (Lipinski definition) is 1. The Bertz CT molecular complexity index is 249. The third-order valence-electron chi connectivity index (χ3n) is 2.29. The molecule has 0 aromatic carbocycles. The highest BCUT2D eigenvalue weighted by molar-refractivity contribution is 5.68. The Labute approximate surface area is 97.0 Å². The summed E-state index contributed by atoms with van der Waals surface area (Å²) in [6.07, 6.45) is 3.33. The molecule has 0 aromatic heterocycles. The molecular weight excluding hydrogens is 206 g/mol. The SMILES string of the molecule is C=CC1CCC(NC(=O)OC(C)(C)C)CO1. The number of amides is 1. The normalized spacial score (nSPS) is 25.9. The van der Waals surface area contributed by atoms with Gasteiger partial charge in [-0.05, 0) is 33.6 Å². The Morgan fingerprint density at radius 1 is 1.50 bits per heavy atom. The van der Waals surface area contributed by atoms with E-state index in [-0.39, 0.29) is 18.2 Å². The molecule has 4 heteroatoms. The molecule has 1 amide bonds. The molecule has 0 spiro atoms. The van der Waals surface area contributed by atoms with Gasteiger partial charge in [-0.2, -0.15) is 0 Å². The zero-order chi connectivity index (χ0) is 12.2. The molecule has 1 saturated heterocycles. The van der Waals surface area contributed by atoms with Gasteiger partial charge in [0.25, 0.3) is 0 Å². The highest BCUT2D eigenvalue weighted by Gasteiger charge is 2.23. The van der Waals surface area contributed by atoms with Gasteiger partial charge in [-0.25, -0.2) is 4.79 Å². The quantitative estimate of drug-likeness (QED) is 0.736. The smallest absolute Gasteiger partial charge is 0.407 e. The minimum Gasteiger partial charge on any atom is -0.444 e. The Kier molecular flexibility index (Phi) is 4.35. The van der Waals surface area contributed by atoms with E-state index >= 15 is 0 Å². The monoisotopic (exact) mass is 227 g/mol. The van der Waals surface area contributed by atoms with Crippen molar-refractivity contribution in [2.75, 3.05) is 6.61 Å². The molecule has 1 aliphatic heterocycles. The predicted molar refractivity (Wildman–Crippen MR) is 62.3 cm³/mol. The molecule has 0 radical (unpaired) electrons. The molecule has 16 heavy (non-hydrogen) atoms. The third kappa shape index (κ3) is 4.66. The lowest BCUT2D eigenvalue weighted by atomic mass is 10.1. The van der Waals surface area contributed by atoms with Crippen LogP contribution in [0.5, 0.6) is 0 Å². The van der Waals surface area contributed by atoms with Gasteiger partial charge in [0.05, 0.1) is 18.8 Å². The minimum absolute atomic E-state index is 0.0473. The van der Waals surface area contributed by atoms with E-state index in [2.05, 4.69) is 11.9 Å². The average molecular weight is 227 g/mol. The Hall–Kier alpha value is -1.03. The number of nitrogens with one attached hydrogen (secondary N) is 1. The summed E-state index contributed by atoms with van der Waals surface area (Å²) in [6.45, 7) is 9.74. The van der Waals surface area contributed by atoms with E-state index in [4.69, 9.17) is 9.47 Å². The Balaban J connectivity index is 2.28. The second-order valence-corrected chi connectivity index (χ2v) is 5.03. The number of hydrogen-bond acceptors (Lipinski definition) is 3. The molecule has 2 atom stereocenters. The average Bonchev–Trinajstić information content (AvgIpc) is 2.16. The molecule has 1 heterocycles. The minimum atomic E-state index is -0.455. The van der Waals surface area contributed by atoms with E-state index in [0.29, 0.717) is 6.61 Å². The number of carbonyl (C=O) groups is 1. The third-order valence-corrected chi connectivity index (χ3v) is 2.29. The van der Waals surface area contributed by atoms with Gasteiger partial charge in [0.2, 0.25) is 0 Å². The molecule has 4 nitrogen and oxygen atoms in total. The maximum absolute atomic E-state index is 11.5. The summed E-state index contributed by atoms with van der Waals surface area (Å²) < 4.78 is 10.7. The van der Waals surface area contributed by atoms with Crippen molar-refractivity contribution in [2.24, 2.45) is 0 Å². The van der Waals surface area contributed by atoms with E-state index in [1.807, 2.05) is 20.8 Å². The van der Waals surface area contributed by atoms with Crippen LogP contribution in [0.1, 0.15) is 33.6 Å². The Morgan fingerprint density at radius 2 is 2.19 bits per heavy atom. The van der Waals surface area contributed by atoms with E-state index < -0.39 is 5.60 Å². The van der Waals surface area contributed by atoms with Crippen molar-refractivity contribution in [3.05, 3.63) is 12.7 Å². The van der Waals surface area contributed by atoms with E-state index in [0.717, 1.165) is 12.8 Å². The number of ether oxygens (including phenoxy) is 2. The molecule has 0 bridgehead atoms. The molecule has 1 N–H and O–H groups in total. The molecule has 0 saturated carbocycles. The first-order valence-electron chi connectivity index (χ1n) is 5.64. The summed E-state index contributed by atoms with van der Waals surface area (Å²) in [4.78, 5) is 11.5. The van der Waals surface area contributed by atoms with Crippen LogP contribution in [-0.2, 0) is 9.47 Å². The molecule has 2 unspecified atom stereocenters. The van der Waals surface area contributed by atoms with Gasteiger partial charge in [0.1, 0.15) is 5.60 Å². The fourth-order valence-electron chi connectivity index (χ4n) is 1.55. The van der Waals surface area contributed by atoms with Crippen LogP contribution in [0.15, 0.2) is 12.7 Å². The van der Waals surface area contributed by atoms with Gasteiger partial charge in [-0.3, -0.25) is 0 Å². The van der Waals surface area contributed by atoms with Gasteiger partial charge in [0.15, 0.2) is 0 Å². The van der Waals surface area contributed by atoms with Crippen molar-refractivity contribution in [2.45, 2.75) is 51.4 Å². The van der Waals surface area contributed by atoms with Crippen LogP contribution in [0.2, 0.25) is 0 Å². The maximum Gasteiger partial charge on any atom is 0.407 e. The molecule has 1 rings (SSSR count). The van der Waals surface area contributed by atoms with Crippen LogP contribution in [0.4, 0.5) is 4.79 Å². The molecule has 0 aliphatic carbocycles. The van der Waals surface area contributed by atoms with Crippen molar-refractivity contribution in [1.29, 1.82) is 0 Å². The Morgan fingerprint density at radius 3 is 2.62 bits per heavy atom. The van der Waals surface area contributed by atoms with Crippen molar-refractivity contribution in [3.8, 4) is 0 Å². The summed E-state index contributed by atoms with van der Waals surface area (Å²) in [5.41, 5.74) is -0.455. The van der Waals surface area contributed by atoms with Crippen LogP contribution in [-0.4, -0.2) is 30.4 Å². The largest absolute Gasteiger partial charge is 0.444 e. The van der Waals surface area contributed by atoms with Crippen LogP contribution >= 0.6 is 0 Å². The van der Waals surface area contributed by atoms with Crippen molar-refractivity contribution in [1.82, 2.24) is 5.32 Å². The van der Waals surface area contributed by atoms with Crippen molar-refractivity contribution in [3.63, 3.8) is 0 Å². The first-order valence-corrected chi connectivity index (χ1v) is 5.64. The summed E-state index contributed by atoms with van der Waals surface area (Å²) in [7, 11) is 0. The molecular formula is C12H21NO3. The van der Waals surface area contributed by atoms with Crippen LogP contribution in [0.3, 0.4) is 0 Å². The van der Waals surface area contributed by atoms with E-state index in [1.54, 1.807) is 6.08 Å². The van der Waals surface area contributed by atoms with Crippen molar-refractivity contribution >= 4 is 6.09 Å². The van der Waals surface area contributed by atoms with Gasteiger partial charge >= 0.3 is 6.09 Å². The molecule has 0 aromatic rings. The maximum atomic E-state index is 11.5. The summed E-state index contributed by atoms with van der Waals surface area (Å²) in [6, 6.07) is 0.0473. The topological polar surface area (TPSA) is 47.6 Å². The van der Waals surface area contributed by atoms with Crippen molar-refractivity contribution < 1.29 is 14.3 Å². The second-order valence-electron chi connectivity index (χ2n) is 5.03. The summed E-state index contributed by atoms with van der Waals surface area (Å²) in [5, 5.41) is 2.80. The zero-order valence-electron chi connectivity index (χ0n) is 10.3. The van der Waals surface area contributed by atoms with Crippen LogP contribution in [0.25, 0.3) is 0 Å². The fourth-order valence-corrected chi connectivity index (χ4v) is 1.55. The summed E-state index contributed by atoms with van der Waals surface area (Å²) in [5.74, 6) is 0. The number of alkyl carbamates (subject to hydrolysis) is 1. The van der Waals surface area contributed by atoms with Gasteiger partial charge < -0.3 is 14.8 Å². The lowest BCUT2D eigenvalue weighted by Gasteiger charge is -2.29. The zero-order valence-corrected chi connectivity index (χ0v) is 10.3. The number of carbonyl (C=O) groups excluding carboxylic acids is 1. The molecule has 92 valence electrons. The van der Waals surface area contributed by atoms with Crippen LogP contribution < -0.4 is 5.32 Å². The first kappa shape index (κ1) is 13.0. The van der Waals surface area contributed by atoms with Gasteiger partial charge in [0, 0.05) is 0 Å². The predicted octanol–water partition coefficient (Wildman–Crippen LogP) is 2.24.